The van der Waals surface area contributed by atoms with E-state index in [1.807, 2.05) is 74.7 Å². The molecule has 0 unspecified atom stereocenters. The molecule has 3 aromatic rings. The third-order valence-corrected chi connectivity index (χ3v) is 5.58. The average Bonchev–Trinajstić information content (AvgIpc) is 3.07. The maximum Gasteiger partial charge on any atom is 0.230 e. The van der Waals surface area contributed by atoms with Gasteiger partial charge in [0.25, 0.3) is 0 Å². The zero-order valence-corrected chi connectivity index (χ0v) is 18.2. The lowest BCUT2D eigenvalue weighted by molar-refractivity contribution is -0.119. The Morgan fingerprint density at radius 1 is 1.10 bits per heavy atom. The molecule has 3 rings (SSSR count). The van der Waals surface area contributed by atoms with Crippen LogP contribution in [0.15, 0.2) is 47.6 Å². The number of hydrogen-bond donors (Lipinski definition) is 1. The summed E-state index contributed by atoms with van der Waals surface area (Å²) in [5, 5.41) is 12.2. The molecular formula is C22H26N4O2S. The minimum absolute atomic E-state index is 0.0674. The monoisotopic (exact) mass is 410 g/mol. The number of nitrogens with zero attached hydrogens (tertiary/aromatic N) is 3. The van der Waals surface area contributed by atoms with Crippen LogP contribution in [-0.2, 0) is 4.79 Å². The molecular weight excluding hydrogens is 384 g/mol. The van der Waals surface area contributed by atoms with E-state index in [-0.39, 0.29) is 17.7 Å². The van der Waals surface area contributed by atoms with Crippen LogP contribution in [0.4, 0.5) is 0 Å². The molecule has 2 aromatic carbocycles. The van der Waals surface area contributed by atoms with Crippen LogP contribution >= 0.6 is 11.8 Å². The molecule has 152 valence electrons. The number of hydrogen-bond acceptors (Lipinski definition) is 5. The molecule has 0 aliphatic carbocycles. The number of aryl methyl sites for hydroxylation is 3. The van der Waals surface area contributed by atoms with Crippen molar-refractivity contribution in [1.82, 2.24) is 20.1 Å². The van der Waals surface area contributed by atoms with E-state index < -0.39 is 0 Å². The highest BCUT2D eigenvalue weighted by Gasteiger charge is 2.17. The van der Waals surface area contributed by atoms with Gasteiger partial charge in [0.1, 0.15) is 11.6 Å². The van der Waals surface area contributed by atoms with E-state index in [9.17, 15) is 4.79 Å². The fourth-order valence-corrected chi connectivity index (χ4v) is 3.92. The molecule has 0 radical (unpaired) electrons. The van der Waals surface area contributed by atoms with Crippen LogP contribution in [0, 0.1) is 20.8 Å². The molecule has 29 heavy (non-hydrogen) atoms. The first-order chi connectivity index (χ1) is 13.9. The lowest BCUT2D eigenvalue weighted by Gasteiger charge is -2.18. The fourth-order valence-electron chi connectivity index (χ4n) is 3.11. The molecule has 0 spiro atoms. The summed E-state index contributed by atoms with van der Waals surface area (Å²) in [6.07, 6.45) is 0. The molecule has 1 heterocycles. The van der Waals surface area contributed by atoms with Gasteiger partial charge in [0.2, 0.25) is 5.91 Å². The molecule has 0 aliphatic rings. The summed E-state index contributed by atoms with van der Waals surface area (Å²) in [4.78, 5) is 12.6. The largest absolute Gasteiger partial charge is 0.496 e. The predicted octanol–water partition coefficient (Wildman–Crippen LogP) is 4.17. The van der Waals surface area contributed by atoms with E-state index >= 15 is 0 Å². The van der Waals surface area contributed by atoms with Crippen molar-refractivity contribution in [3.05, 3.63) is 65.0 Å². The smallest absolute Gasteiger partial charge is 0.230 e. The van der Waals surface area contributed by atoms with Crippen molar-refractivity contribution in [2.24, 2.45) is 0 Å². The van der Waals surface area contributed by atoms with Crippen molar-refractivity contribution in [1.29, 1.82) is 0 Å². The molecule has 6 nitrogen and oxygen atoms in total. The van der Waals surface area contributed by atoms with Crippen molar-refractivity contribution >= 4 is 17.7 Å². The zero-order valence-electron chi connectivity index (χ0n) is 17.4. The number of methoxy groups -OCH3 is 1. The van der Waals surface area contributed by atoms with E-state index in [2.05, 4.69) is 15.5 Å². The number of benzene rings is 2. The normalized spacial score (nSPS) is 11.9. The van der Waals surface area contributed by atoms with Gasteiger partial charge in [-0.3, -0.25) is 9.36 Å². The van der Waals surface area contributed by atoms with E-state index in [1.54, 1.807) is 7.11 Å². The number of nitrogens with one attached hydrogen (secondary N) is 1. The number of carbonyl (C=O) groups is 1. The topological polar surface area (TPSA) is 69.0 Å². The summed E-state index contributed by atoms with van der Waals surface area (Å²) in [6.45, 7) is 7.93. The maximum absolute atomic E-state index is 12.6. The number of ether oxygens (including phenoxy) is 1. The van der Waals surface area contributed by atoms with E-state index in [4.69, 9.17) is 4.74 Å². The predicted molar refractivity (Wildman–Crippen MR) is 116 cm³/mol. The van der Waals surface area contributed by atoms with Gasteiger partial charge in [0, 0.05) is 11.3 Å². The first-order valence-corrected chi connectivity index (χ1v) is 10.4. The van der Waals surface area contributed by atoms with Crippen LogP contribution in [0.1, 0.15) is 35.5 Å². The second kappa shape index (κ2) is 9.13. The van der Waals surface area contributed by atoms with Crippen LogP contribution < -0.4 is 10.1 Å². The molecule has 7 heteroatoms. The first kappa shape index (κ1) is 20.9. The van der Waals surface area contributed by atoms with Crippen molar-refractivity contribution in [2.45, 2.75) is 38.9 Å². The van der Waals surface area contributed by atoms with Crippen molar-refractivity contribution in [3.63, 3.8) is 0 Å². The third kappa shape index (κ3) is 4.98. The SMILES string of the molecule is COc1ccc(C)cc1[C@H](C)NC(=O)CSc1nnc(C)n1-c1ccc(C)cc1. The Morgan fingerprint density at radius 2 is 1.79 bits per heavy atom. The summed E-state index contributed by atoms with van der Waals surface area (Å²) in [7, 11) is 1.64. The van der Waals surface area contributed by atoms with Gasteiger partial charge in [-0.05, 0) is 45.9 Å². The van der Waals surface area contributed by atoms with Crippen LogP contribution in [0.3, 0.4) is 0 Å². The van der Waals surface area contributed by atoms with Crippen LogP contribution in [0.5, 0.6) is 5.75 Å². The van der Waals surface area contributed by atoms with Crippen LogP contribution in [0.2, 0.25) is 0 Å². The van der Waals surface area contributed by atoms with Gasteiger partial charge in [-0.2, -0.15) is 0 Å². The number of carbonyl (C=O) groups excluding carboxylic acids is 1. The zero-order chi connectivity index (χ0) is 21.0. The van der Waals surface area contributed by atoms with Gasteiger partial charge in [0.05, 0.1) is 18.9 Å². The lowest BCUT2D eigenvalue weighted by atomic mass is 10.0. The number of amides is 1. The Balaban J connectivity index is 1.67. The molecule has 0 aliphatic heterocycles. The van der Waals surface area contributed by atoms with Gasteiger partial charge < -0.3 is 10.1 Å². The van der Waals surface area contributed by atoms with Gasteiger partial charge in [-0.1, -0.05) is 47.2 Å². The Bertz CT molecular complexity index is 999. The summed E-state index contributed by atoms with van der Waals surface area (Å²) >= 11 is 1.37. The van der Waals surface area contributed by atoms with Gasteiger partial charge >= 0.3 is 0 Å². The Labute approximate surface area is 175 Å². The summed E-state index contributed by atoms with van der Waals surface area (Å²) in [6, 6.07) is 14.0. The highest BCUT2D eigenvalue weighted by atomic mass is 32.2. The number of aromatic nitrogens is 3. The molecule has 1 amide bonds. The molecule has 0 saturated carbocycles. The lowest BCUT2D eigenvalue weighted by Crippen LogP contribution is -2.28. The van der Waals surface area contributed by atoms with E-state index in [1.165, 1.54) is 17.3 Å². The van der Waals surface area contributed by atoms with Crippen molar-refractivity contribution in [2.75, 3.05) is 12.9 Å². The van der Waals surface area contributed by atoms with Crippen molar-refractivity contribution < 1.29 is 9.53 Å². The van der Waals surface area contributed by atoms with Crippen LogP contribution in [-0.4, -0.2) is 33.5 Å². The van der Waals surface area contributed by atoms with Gasteiger partial charge in [-0.15, -0.1) is 10.2 Å². The van der Waals surface area contributed by atoms with Gasteiger partial charge in [-0.25, -0.2) is 0 Å². The second-order valence-corrected chi connectivity index (χ2v) is 7.97. The van der Waals surface area contributed by atoms with Crippen molar-refractivity contribution in [3.8, 4) is 11.4 Å². The molecule has 1 atom stereocenters. The highest BCUT2D eigenvalue weighted by molar-refractivity contribution is 7.99. The fraction of sp³-hybridized carbons (Fsp3) is 0.318. The summed E-state index contributed by atoms with van der Waals surface area (Å²) in [5.74, 6) is 1.74. The molecule has 0 bridgehead atoms. The second-order valence-electron chi connectivity index (χ2n) is 7.02. The molecule has 0 saturated heterocycles. The Morgan fingerprint density at radius 3 is 2.48 bits per heavy atom. The van der Waals surface area contributed by atoms with Crippen LogP contribution in [0.25, 0.3) is 5.69 Å². The Hall–Kier alpha value is -2.80. The van der Waals surface area contributed by atoms with Gasteiger partial charge in [0.15, 0.2) is 5.16 Å². The quantitative estimate of drug-likeness (QED) is 0.592. The number of thioether (sulfide) groups is 1. The minimum Gasteiger partial charge on any atom is -0.496 e. The van der Waals surface area contributed by atoms with E-state index in [0.29, 0.717) is 5.16 Å². The Kier molecular flexibility index (Phi) is 6.59. The number of rotatable bonds is 7. The molecule has 1 aromatic heterocycles. The summed E-state index contributed by atoms with van der Waals surface area (Å²) in [5.41, 5.74) is 4.26. The maximum atomic E-state index is 12.6. The first-order valence-electron chi connectivity index (χ1n) is 9.44. The molecule has 0 fully saturated rings. The standard InChI is InChI=1S/C22H26N4O2S/c1-14-6-9-18(10-7-14)26-17(4)24-25-22(26)29-13-21(27)23-16(3)19-12-15(2)8-11-20(19)28-5/h6-12,16H,13H2,1-5H3,(H,23,27)/t16-/m0/s1. The molecule has 1 N–H and O–H groups in total. The summed E-state index contributed by atoms with van der Waals surface area (Å²) < 4.78 is 7.39. The minimum atomic E-state index is -0.158. The van der Waals surface area contributed by atoms with E-state index in [0.717, 1.165) is 28.4 Å². The highest BCUT2D eigenvalue weighted by Crippen LogP contribution is 2.27. The average molecular weight is 411 g/mol. The third-order valence-electron chi connectivity index (χ3n) is 4.65.